The van der Waals surface area contributed by atoms with Crippen molar-refractivity contribution in [2.24, 2.45) is 17.8 Å². The number of likely N-dealkylation sites (tertiary alicyclic amines) is 2. The molecule has 0 bridgehead atoms. The van der Waals surface area contributed by atoms with Gasteiger partial charge in [0.05, 0.1) is 26.9 Å². The first-order chi connectivity index (χ1) is 37.9. The number of alkyl carbamates (subject to hydrolysis) is 2. The maximum absolute atomic E-state index is 11.7. The van der Waals surface area contributed by atoms with Crippen molar-refractivity contribution in [2.75, 3.05) is 66.8 Å². The summed E-state index contributed by atoms with van der Waals surface area (Å²) in [6.07, 6.45) is 44.1. The first-order valence-electron chi connectivity index (χ1n) is 25.6. The number of nitrogens with one attached hydrogen (secondary N) is 4. The van der Waals surface area contributed by atoms with Crippen LogP contribution in [0.15, 0.2) is 73.3 Å². The normalized spacial score (nSPS) is 18.8. The lowest BCUT2D eigenvalue weighted by Gasteiger charge is -2.23. The van der Waals surface area contributed by atoms with E-state index in [0.29, 0.717) is 34.1 Å². The van der Waals surface area contributed by atoms with Crippen LogP contribution < -0.4 is 10.6 Å². The van der Waals surface area contributed by atoms with E-state index in [4.69, 9.17) is 32.7 Å². The smallest absolute Gasteiger partial charge is 0.407 e. The van der Waals surface area contributed by atoms with Gasteiger partial charge < -0.3 is 49.3 Å². The van der Waals surface area contributed by atoms with E-state index in [0.717, 1.165) is 96.8 Å². The molecule has 78 heavy (non-hydrogen) atoms. The largest absolute Gasteiger partial charge is 0.453 e. The number of imidazole rings is 2. The highest BCUT2D eigenvalue weighted by Crippen LogP contribution is 2.50. The average molecular weight is 1110 g/mol. The topological polar surface area (TPSA) is 193 Å². The molecule has 0 spiro atoms. The van der Waals surface area contributed by atoms with Gasteiger partial charge >= 0.3 is 12.2 Å². The molecule has 10 rings (SSSR count). The third-order valence-electron chi connectivity index (χ3n) is 13.4. The first kappa shape index (κ1) is 66.7. The maximum Gasteiger partial charge on any atom is 0.407 e. The minimum absolute atomic E-state index is 0.00255. The monoisotopic (exact) mass is 1110 g/mol. The van der Waals surface area contributed by atoms with Crippen molar-refractivity contribution in [3.63, 3.8) is 0 Å². The molecule has 4 amide bonds. The number of terminal acetylenes is 4. The van der Waals surface area contributed by atoms with Gasteiger partial charge in [0.1, 0.15) is 34.8 Å². The number of H-pyrrole nitrogens is 2. The van der Waals surface area contributed by atoms with Crippen LogP contribution in [0.2, 0.25) is 10.3 Å². The van der Waals surface area contributed by atoms with Gasteiger partial charge in [-0.3, -0.25) is 9.59 Å². The molecule has 4 saturated heterocycles. The van der Waals surface area contributed by atoms with Crippen molar-refractivity contribution in [3.05, 3.63) is 83.6 Å². The molecular weight excluding hydrogens is 1030 g/mol. The van der Waals surface area contributed by atoms with Crippen molar-refractivity contribution in [1.82, 2.24) is 40.4 Å². The van der Waals surface area contributed by atoms with Gasteiger partial charge in [0.25, 0.3) is 0 Å². The second kappa shape index (κ2) is 37.4. The van der Waals surface area contributed by atoms with Crippen LogP contribution in [-0.4, -0.2) is 133 Å². The van der Waals surface area contributed by atoms with E-state index in [1.807, 2.05) is 30.0 Å². The molecular formula is C60H76Cl2N8O8. The zero-order chi connectivity index (χ0) is 58.0. The van der Waals surface area contributed by atoms with Crippen LogP contribution in [0.5, 0.6) is 0 Å². The molecule has 3 aromatic carbocycles. The van der Waals surface area contributed by atoms with Gasteiger partial charge in [0.2, 0.25) is 11.8 Å². The number of aromatic amines is 2. The fraction of sp³-hybridized carbons (Fsp3) is 0.433. The number of ether oxygens (including phenoxy) is 4. The highest BCUT2D eigenvalue weighted by molar-refractivity contribution is 6.32. The van der Waals surface area contributed by atoms with E-state index in [1.54, 1.807) is 17.6 Å². The molecule has 418 valence electrons. The van der Waals surface area contributed by atoms with Crippen molar-refractivity contribution in [3.8, 4) is 85.0 Å². The average Bonchev–Trinajstić information content (AvgIpc) is 4.14. The Morgan fingerprint density at radius 1 is 0.590 bits per heavy atom. The summed E-state index contributed by atoms with van der Waals surface area (Å²) < 4.78 is 18.9. The van der Waals surface area contributed by atoms with Crippen LogP contribution in [0.1, 0.15) is 72.1 Å². The van der Waals surface area contributed by atoms with Gasteiger partial charge in [-0.2, -0.15) is 0 Å². The van der Waals surface area contributed by atoms with E-state index in [2.05, 4.69) is 148 Å². The number of carbonyl (C=O) groups excluding carboxylic acids is 4. The maximum atomic E-state index is 11.7. The third kappa shape index (κ3) is 20.8. The molecule has 5 atom stereocenters. The summed E-state index contributed by atoms with van der Waals surface area (Å²) in [5.74, 6) is 1.83. The Kier molecular flexibility index (Phi) is 31.9. The minimum atomic E-state index is -0.566. The molecule has 2 aromatic heterocycles. The SMILES string of the molecule is C#C.C#C.C#C.C#C.C1CCOCC1.C1CCOCC1.COC(=O)NCC(=O)N1CCC2C1[C@@H]2C.COC(=O)NCC(=O)N1CC[C@@H](C)C1C.Clc1[nH]cnc1-c1ccc(-c2ccc3cc(-c4nc[nH]c4Cl)ccc3c2)cc1. The third-order valence-corrected chi connectivity index (χ3v) is 14.0. The summed E-state index contributed by atoms with van der Waals surface area (Å²) in [4.78, 5) is 63.0. The van der Waals surface area contributed by atoms with E-state index in [9.17, 15) is 19.2 Å². The Hall–Kier alpha value is -7.44. The number of rotatable bonds is 7. The van der Waals surface area contributed by atoms with E-state index in [-0.39, 0.29) is 30.9 Å². The van der Waals surface area contributed by atoms with Crippen molar-refractivity contribution in [2.45, 2.75) is 84.2 Å². The second-order valence-corrected chi connectivity index (χ2v) is 18.8. The first-order valence-corrected chi connectivity index (χ1v) is 26.4. The van der Waals surface area contributed by atoms with E-state index >= 15 is 0 Å². The number of piperidine rings is 1. The highest BCUT2D eigenvalue weighted by atomic mass is 35.5. The molecule has 5 fully saturated rings. The fourth-order valence-corrected chi connectivity index (χ4v) is 9.43. The lowest BCUT2D eigenvalue weighted by Crippen LogP contribution is -2.42. The highest BCUT2D eigenvalue weighted by Gasteiger charge is 2.55. The van der Waals surface area contributed by atoms with Crippen molar-refractivity contribution in [1.29, 1.82) is 0 Å². The molecule has 18 heteroatoms. The Bertz CT molecular complexity index is 2560. The molecule has 4 N–H and O–H groups in total. The second-order valence-electron chi connectivity index (χ2n) is 18.0. The number of methoxy groups -OCH3 is 2. The minimum Gasteiger partial charge on any atom is -0.453 e. The molecule has 0 radical (unpaired) electrons. The number of hydrogen-bond acceptors (Lipinski definition) is 10. The van der Waals surface area contributed by atoms with Gasteiger partial charge in [-0.15, -0.1) is 51.4 Å². The zero-order valence-corrected chi connectivity index (χ0v) is 47.1. The summed E-state index contributed by atoms with van der Waals surface area (Å²) in [6.45, 7) is 12.0. The van der Waals surface area contributed by atoms with Crippen molar-refractivity contribution >= 4 is 58.0 Å². The molecule has 6 heterocycles. The fourth-order valence-electron chi connectivity index (χ4n) is 9.02. The summed E-state index contributed by atoms with van der Waals surface area (Å²) >= 11 is 12.3. The van der Waals surface area contributed by atoms with Crippen LogP contribution in [0.25, 0.3) is 44.4 Å². The number of amides is 4. The van der Waals surface area contributed by atoms with Crippen molar-refractivity contribution < 1.29 is 38.1 Å². The lowest BCUT2D eigenvalue weighted by molar-refractivity contribution is -0.131. The molecule has 3 unspecified atom stereocenters. The number of hydrogen-bond donors (Lipinski definition) is 4. The molecule has 16 nitrogen and oxygen atoms in total. The van der Waals surface area contributed by atoms with E-state index in [1.165, 1.54) is 52.7 Å². The summed E-state index contributed by atoms with van der Waals surface area (Å²) in [5, 5.41) is 8.20. The van der Waals surface area contributed by atoms with Crippen LogP contribution in [0, 0.1) is 69.1 Å². The molecule has 1 saturated carbocycles. The standard InChI is InChI=1S/C22H14Cl2N4.C10H16N2O3.C10H18N2O3.2C5H10O.4C2H2/c23-21-19(25-11-27-21)14-3-1-13(2-4-14)15-5-6-17-10-18(8-7-16(17)9-15)20-22(24)28-12-26-20;1-6-7-3-4-12(9(6)7)8(13)5-11-10(14)15-2;1-7-4-5-12(8(7)2)9(13)6-11-10(14)15-3;2*1-2-4-6-5-3-1;4*1-2/h1-12H,(H,25,27)(H,26,28);6-7,9H,3-5H2,1-2H3,(H,11,14);7-8H,4-6H2,1-3H3,(H,11,14);2*1-5H2;4*1-2H/t;6-,7?,9?;7-,8?;;;;;;/m.11....../s1. The van der Waals surface area contributed by atoms with Gasteiger partial charge in [0.15, 0.2) is 0 Å². The molecule has 4 aliphatic heterocycles. The Morgan fingerprint density at radius 2 is 1.00 bits per heavy atom. The van der Waals surface area contributed by atoms with Gasteiger partial charge in [-0.05, 0) is 110 Å². The predicted octanol–water partition coefficient (Wildman–Crippen LogP) is 10.8. The number of halogens is 2. The number of nitrogens with zero attached hydrogens (tertiary/aromatic N) is 4. The Balaban J connectivity index is 0.000000356. The number of carbonyl (C=O) groups is 4. The predicted molar refractivity (Wildman–Crippen MR) is 312 cm³/mol. The van der Waals surface area contributed by atoms with Crippen LogP contribution in [0.4, 0.5) is 9.59 Å². The molecule has 1 aliphatic carbocycles. The van der Waals surface area contributed by atoms with Crippen LogP contribution >= 0.6 is 23.2 Å². The Morgan fingerprint density at radius 3 is 1.37 bits per heavy atom. The summed E-state index contributed by atoms with van der Waals surface area (Å²) in [5.41, 5.74) is 5.79. The quantitative estimate of drug-likeness (QED) is 0.114. The number of benzene rings is 3. The zero-order valence-electron chi connectivity index (χ0n) is 45.6. The Labute approximate surface area is 471 Å². The number of fused-ring (bicyclic) bond motifs is 2. The number of aromatic nitrogens is 4. The van der Waals surface area contributed by atoms with Gasteiger partial charge in [0, 0.05) is 62.7 Å². The van der Waals surface area contributed by atoms with Gasteiger partial charge in [-0.1, -0.05) is 85.6 Å². The van der Waals surface area contributed by atoms with Crippen LogP contribution in [-0.2, 0) is 28.5 Å². The summed E-state index contributed by atoms with van der Waals surface area (Å²) in [6, 6.07) is 21.6. The van der Waals surface area contributed by atoms with Crippen LogP contribution in [0.3, 0.4) is 0 Å². The van der Waals surface area contributed by atoms with Gasteiger partial charge in [-0.25, -0.2) is 19.6 Å². The van der Waals surface area contributed by atoms with E-state index < -0.39 is 12.2 Å². The molecule has 5 aromatic rings. The summed E-state index contributed by atoms with van der Waals surface area (Å²) in [7, 11) is 2.56. The molecule has 5 aliphatic rings. The lowest BCUT2D eigenvalue weighted by atomic mass is 9.98.